The minimum absolute atomic E-state index is 0.0344. The van der Waals surface area contributed by atoms with Gasteiger partial charge < -0.3 is 5.11 Å². The van der Waals surface area contributed by atoms with Gasteiger partial charge in [-0.15, -0.1) is 0 Å². The number of hydrogen-bond acceptors (Lipinski definition) is 5. The summed E-state index contributed by atoms with van der Waals surface area (Å²) < 4.78 is 0. The highest BCUT2D eigenvalue weighted by Gasteiger charge is 2.67. The number of benzene rings is 2. The van der Waals surface area contributed by atoms with E-state index < -0.39 is 29.1 Å². The van der Waals surface area contributed by atoms with E-state index >= 15 is 0 Å². The van der Waals surface area contributed by atoms with E-state index in [9.17, 15) is 24.3 Å². The third-order valence-corrected chi connectivity index (χ3v) is 10.5. The average Bonchev–Trinajstić information content (AvgIpc) is 3.34. The van der Waals surface area contributed by atoms with Crippen molar-refractivity contribution in [2.24, 2.45) is 29.1 Å². The number of allylic oxidation sites excluding steroid dienone is 2. The summed E-state index contributed by atoms with van der Waals surface area (Å²) in [5.41, 5.74) is 1.29. The van der Waals surface area contributed by atoms with Gasteiger partial charge in [-0.1, -0.05) is 61.2 Å². The Bertz CT molecular complexity index is 1430. The van der Waals surface area contributed by atoms with Crippen LogP contribution in [0.15, 0.2) is 66.2 Å². The molecule has 7 nitrogen and oxygen atoms in total. The van der Waals surface area contributed by atoms with Crippen molar-refractivity contribution in [1.29, 1.82) is 0 Å². The van der Waals surface area contributed by atoms with Crippen LogP contribution in [-0.2, 0) is 19.2 Å². The number of hydrogen-bond donors (Lipinski definition) is 1. The summed E-state index contributed by atoms with van der Waals surface area (Å²) in [7, 11) is 0. The SMILES string of the molecule is CC12C(=O)N(c3ccccc3)C(=O)C1CC1C(=CCC3C(=O)N(C4CCCCC4)C(=O)C31)C2c1ccc(O)cc1. The van der Waals surface area contributed by atoms with Crippen molar-refractivity contribution in [2.75, 3.05) is 4.90 Å². The second-order valence-corrected chi connectivity index (χ2v) is 12.4. The lowest BCUT2D eigenvalue weighted by molar-refractivity contribution is -0.144. The lowest BCUT2D eigenvalue weighted by Gasteiger charge is -2.49. The van der Waals surface area contributed by atoms with Crippen LogP contribution in [0.2, 0.25) is 0 Å². The first-order chi connectivity index (χ1) is 19.3. The van der Waals surface area contributed by atoms with Gasteiger partial charge in [-0.2, -0.15) is 0 Å². The Morgan fingerprint density at radius 1 is 0.825 bits per heavy atom. The molecule has 2 saturated carbocycles. The van der Waals surface area contributed by atoms with Crippen LogP contribution >= 0.6 is 0 Å². The van der Waals surface area contributed by atoms with E-state index in [0.29, 0.717) is 18.5 Å². The van der Waals surface area contributed by atoms with E-state index in [-0.39, 0.29) is 41.3 Å². The first kappa shape index (κ1) is 25.2. The monoisotopic (exact) mass is 538 g/mol. The Kier molecular flexibility index (Phi) is 5.77. The molecule has 2 aromatic rings. The number of fused-ring (bicyclic) bond motifs is 4. The fourth-order valence-electron chi connectivity index (χ4n) is 8.61. The van der Waals surface area contributed by atoms with Crippen molar-refractivity contribution in [3.63, 3.8) is 0 Å². The van der Waals surface area contributed by atoms with Crippen molar-refractivity contribution < 1.29 is 24.3 Å². The zero-order valence-corrected chi connectivity index (χ0v) is 22.7. The first-order valence-electron chi connectivity index (χ1n) is 14.6. The minimum atomic E-state index is -1.06. The predicted octanol–water partition coefficient (Wildman–Crippen LogP) is 4.96. The maximum absolute atomic E-state index is 14.3. The Hall–Kier alpha value is -3.74. The zero-order chi connectivity index (χ0) is 27.8. The maximum atomic E-state index is 14.3. The first-order valence-corrected chi connectivity index (χ1v) is 14.6. The second-order valence-electron chi connectivity index (χ2n) is 12.4. The Morgan fingerprint density at radius 2 is 1.52 bits per heavy atom. The molecule has 0 aromatic heterocycles. The summed E-state index contributed by atoms with van der Waals surface area (Å²) in [6.45, 7) is 1.89. The summed E-state index contributed by atoms with van der Waals surface area (Å²) in [5.74, 6) is -2.83. The van der Waals surface area contributed by atoms with Gasteiger partial charge in [0.2, 0.25) is 23.6 Å². The topological polar surface area (TPSA) is 95.0 Å². The molecule has 2 saturated heterocycles. The molecule has 6 unspecified atom stereocenters. The van der Waals surface area contributed by atoms with E-state index in [1.807, 2.05) is 37.3 Å². The van der Waals surface area contributed by atoms with E-state index in [1.54, 1.807) is 29.2 Å². The van der Waals surface area contributed by atoms with Crippen molar-refractivity contribution in [3.05, 3.63) is 71.8 Å². The molecule has 1 N–H and O–H groups in total. The van der Waals surface area contributed by atoms with E-state index in [4.69, 9.17) is 0 Å². The number of nitrogens with zero attached hydrogens (tertiary/aromatic N) is 2. The Balaban J connectivity index is 1.34. The highest BCUT2D eigenvalue weighted by Crippen LogP contribution is 2.63. The molecule has 2 aliphatic heterocycles. The van der Waals surface area contributed by atoms with Crippen LogP contribution in [0.3, 0.4) is 0 Å². The highest BCUT2D eigenvalue weighted by molar-refractivity contribution is 6.24. The zero-order valence-electron chi connectivity index (χ0n) is 22.7. The van der Waals surface area contributed by atoms with Gasteiger partial charge in [0.15, 0.2) is 0 Å². The number of para-hydroxylation sites is 1. The third-order valence-electron chi connectivity index (χ3n) is 10.5. The molecular weight excluding hydrogens is 504 g/mol. The van der Waals surface area contributed by atoms with E-state index in [0.717, 1.165) is 43.2 Å². The molecular formula is C33H34N2O5. The number of carbonyl (C=O) groups excluding carboxylic acids is 4. The lowest BCUT2D eigenvalue weighted by atomic mass is 9.51. The van der Waals surface area contributed by atoms with E-state index in [1.165, 1.54) is 4.90 Å². The fourth-order valence-corrected chi connectivity index (χ4v) is 8.61. The molecule has 7 rings (SSSR count). The van der Waals surface area contributed by atoms with Crippen LogP contribution in [0, 0.1) is 29.1 Å². The highest BCUT2D eigenvalue weighted by atomic mass is 16.3. The molecule has 0 radical (unpaired) electrons. The number of phenols is 1. The molecule has 2 aromatic carbocycles. The summed E-state index contributed by atoms with van der Waals surface area (Å²) in [6.07, 6.45) is 7.82. The largest absolute Gasteiger partial charge is 0.508 e. The van der Waals surface area contributed by atoms with Crippen LogP contribution in [0.4, 0.5) is 5.69 Å². The minimum Gasteiger partial charge on any atom is -0.508 e. The van der Waals surface area contributed by atoms with Gasteiger partial charge in [-0.3, -0.25) is 24.1 Å². The number of aromatic hydroxyl groups is 1. The molecule has 40 heavy (non-hydrogen) atoms. The summed E-state index contributed by atoms with van der Waals surface area (Å²) >= 11 is 0. The number of anilines is 1. The van der Waals surface area contributed by atoms with Crippen molar-refractivity contribution in [3.8, 4) is 5.75 Å². The number of rotatable bonds is 3. The quantitative estimate of drug-likeness (QED) is 0.441. The molecule has 2 heterocycles. The molecule has 0 bridgehead atoms. The fraction of sp³-hybridized carbons (Fsp3) is 0.455. The molecule has 5 aliphatic rings. The second kappa shape index (κ2) is 9.15. The average molecular weight is 539 g/mol. The number of phenolic OH excluding ortho intramolecular Hbond substituents is 1. The Morgan fingerprint density at radius 3 is 2.23 bits per heavy atom. The van der Waals surface area contributed by atoms with Gasteiger partial charge in [-0.25, -0.2) is 4.90 Å². The molecule has 4 fully saturated rings. The predicted molar refractivity (Wildman–Crippen MR) is 148 cm³/mol. The van der Waals surface area contributed by atoms with Gasteiger partial charge in [-0.05, 0) is 68.4 Å². The normalized spacial score (nSPS) is 34.0. The van der Waals surface area contributed by atoms with Gasteiger partial charge in [0.05, 0.1) is 28.9 Å². The smallest absolute Gasteiger partial charge is 0.241 e. The number of imide groups is 2. The number of carbonyl (C=O) groups is 4. The number of likely N-dealkylation sites (tertiary alicyclic amines) is 1. The molecule has 7 heteroatoms. The summed E-state index contributed by atoms with van der Waals surface area (Å²) in [5, 5.41) is 10.0. The van der Waals surface area contributed by atoms with Crippen molar-refractivity contribution >= 4 is 29.3 Å². The van der Waals surface area contributed by atoms with Gasteiger partial charge in [0.1, 0.15) is 5.75 Å². The maximum Gasteiger partial charge on any atom is 0.241 e. The van der Waals surface area contributed by atoms with Gasteiger partial charge in [0.25, 0.3) is 0 Å². The molecule has 4 amide bonds. The Labute approximate surface area is 233 Å². The van der Waals surface area contributed by atoms with Crippen molar-refractivity contribution in [2.45, 2.75) is 63.8 Å². The van der Waals surface area contributed by atoms with Crippen LogP contribution in [0.5, 0.6) is 5.75 Å². The van der Waals surface area contributed by atoms with Gasteiger partial charge in [0, 0.05) is 12.0 Å². The standard InChI is InChI=1S/C33H34N2O5/c1-33-26(30(38)35(32(33)40)21-10-6-3-7-11-21)18-25-23(28(33)19-12-14-22(36)15-13-19)16-17-24-27(25)31(39)34(29(24)37)20-8-4-2-5-9-20/h3,6-7,10-16,20,24-28,36H,2,4-5,8-9,17-18H2,1H3. The summed E-state index contributed by atoms with van der Waals surface area (Å²) in [6, 6.07) is 15.8. The van der Waals surface area contributed by atoms with Crippen LogP contribution in [0.25, 0.3) is 0 Å². The van der Waals surface area contributed by atoms with Crippen molar-refractivity contribution in [1.82, 2.24) is 4.90 Å². The summed E-state index contributed by atoms with van der Waals surface area (Å²) in [4.78, 5) is 59.0. The van der Waals surface area contributed by atoms with Crippen LogP contribution in [0.1, 0.15) is 63.4 Å². The lowest BCUT2D eigenvalue weighted by Crippen LogP contribution is -2.49. The molecule has 6 atom stereocenters. The van der Waals surface area contributed by atoms with Crippen LogP contribution < -0.4 is 4.90 Å². The van der Waals surface area contributed by atoms with E-state index in [2.05, 4.69) is 6.08 Å². The van der Waals surface area contributed by atoms with Crippen LogP contribution in [-0.4, -0.2) is 39.7 Å². The third kappa shape index (κ3) is 3.42. The molecule has 3 aliphatic carbocycles. The number of amides is 4. The van der Waals surface area contributed by atoms with Gasteiger partial charge >= 0.3 is 0 Å². The molecule has 206 valence electrons. The molecule has 0 spiro atoms.